The summed E-state index contributed by atoms with van der Waals surface area (Å²) in [4.78, 5) is 31.4. The number of benzene rings is 2. The molecule has 188 valence electrons. The number of hydrogen-bond acceptors (Lipinski definition) is 7. The number of aromatic nitrogens is 4. The molecule has 5 rings (SSSR count). The molecular weight excluding hydrogens is 523 g/mol. The van der Waals surface area contributed by atoms with Crippen LogP contribution in [-0.2, 0) is 9.84 Å². The van der Waals surface area contributed by atoms with E-state index in [-0.39, 0.29) is 18.1 Å². The molecule has 1 fully saturated rings. The second kappa shape index (κ2) is 9.84. The van der Waals surface area contributed by atoms with Gasteiger partial charge in [-0.1, -0.05) is 23.2 Å². The highest BCUT2D eigenvalue weighted by Crippen LogP contribution is 2.31. The van der Waals surface area contributed by atoms with Crippen molar-refractivity contribution in [2.24, 2.45) is 0 Å². The summed E-state index contributed by atoms with van der Waals surface area (Å²) >= 11 is 12.7. The monoisotopic (exact) mass is 546 g/mol. The van der Waals surface area contributed by atoms with E-state index in [2.05, 4.69) is 25.3 Å². The number of amides is 1. The van der Waals surface area contributed by atoms with Gasteiger partial charge in [0, 0.05) is 29.8 Å². The van der Waals surface area contributed by atoms with Crippen molar-refractivity contribution < 1.29 is 13.2 Å². The Hall–Kier alpha value is -2.95. The van der Waals surface area contributed by atoms with Crippen LogP contribution in [0, 0.1) is 0 Å². The maximum Gasteiger partial charge on any atom is 0.255 e. The molecular formula is C24H24Cl2N6O3S. The molecule has 0 saturated carbocycles. The molecule has 0 spiro atoms. The number of hydrogen-bond donors (Lipinski definition) is 2. The fourth-order valence-electron chi connectivity index (χ4n) is 4.39. The van der Waals surface area contributed by atoms with Crippen LogP contribution >= 0.6 is 23.2 Å². The molecule has 2 aromatic carbocycles. The highest BCUT2D eigenvalue weighted by Gasteiger charge is 2.24. The molecule has 12 heteroatoms. The first-order valence-corrected chi connectivity index (χ1v) is 14.3. The van der Waals surface area contributed by atoms with Gasteiger partial charge in [-0.25, -0.2) is 23.4 Å². The molecule has 0 bridgehead atoms. The number of H-pyrrole nitrogens is 1. The Bertz CT molecular complexity index is 1570. The van der Waals surface area contributed by atoms with Crippen molar-refractivity contribution >= 4 is 66.7 Å². The molecule has 4 aromatic rings. The van der Waals surface area contributed by atoms with Gasteiger partial charge in [0.05, 0.1) is 38.9 Å². The minimum absolute atomic E-state index is 0.0548. The van der Waals surface area contributed by atoms with Gasteiger partial charge in [-0.2, -0.15) is 0 Å². The zero-order valence-electron chi connectivity index (χ0n) is 19.5. The minimum Gasteiger partial charge on any atom is -0.359 e. The highest BCUT2D eigenvalue weighted by atomic mass is 35.5. The minimum atomic E-state index is -3.23. The van der Waals surface area contributed by atoms with Crippen LogP contribution in [0.15, 0.2) is 36.7 Å². The number of carbonyl (C=O) groups excluding carboxylic acids is 1. The Labute approximate surface area is 218 Å². The lowest BCUT2D eigenvalue weighted by molar-refractivity contribution is 0.0793. The average molecular weight is 547 g/mol. The number of anilines is 1. The quantitative estimate of drug-likeness (QED) is 0.346. The summed E-state index contributed by atoms with van der Waals surface area (Å²) in [7, 11) is -3.23. The summed E-state index contributed by atoms with van der Waals surface area (Å²) in [5.74, 6) is 0.842. The Morgan fingerprint density at radius 3 is 2.67 bits per heavy atom. The summed E-state index contributed by atoms with van der Waals surface area (Å²) in [6.07, 6.45) is 4.80. The Morgan fingerprint density at radius 1 is 1.14 bits per heavy atom. The number of rotatable bonds is 7. The number of nitrogens with one attached hydrogen (secondary N) is 2. The SMILES string of the molecule is CS(=O)(=O)CCC(Nc1ncnc2cc(C(=O)N3CCCC3)c(Cl)cc12)c1nc2ccc(Cl)cc2[nH]1. The van der Waals surface area contributed by atoms with Crippen LogP contribution in [0.25, 0.3) is 21.9 Å². The molecule has 36 heavy (non-hydrogen) atoms. The molecule has 2 aromatic heterocycles. The van der Waals surface area contributed by atoms with E-state index in [4.69, 9.17) is 23.2 Å². The third kappa shape index (κ3) is 5.25. The number of likely N-dealkylation sites (tertiary alicyclic amines) is 1. The van der Waals surface area contributed by atoms with Crippen LogP contribution in [0.4, 0.5) is 5.82 Å². The lowest BCUT2D eigenvalue weighted by Crippen LogP contribution is -2.27. The van der Waals surface area contributed by atoms with Crippen molar-refractivity contribution in [2.45, 2.75) is 25.3 Å². The number of aromatic amines is 1. The van der Waals surface area contributed by atoms with Crippen molar-refractivity contribution in [1.29, 1.82) is 0 Å². The first-order valence-electron chi connectivity index (χ1n) is 11.5. The number of halogens is 2. The largest absolute Gasteiger partial charge is 0.359 e. The predicted molar refractivity (Wildman–Crippen MR) is 141 cm³/mol. The molecule has 1 unspecified atom stereocenters. The van der Waals surface area contributed by atoms with Gasteiger partial charge in [0.2, 0.25) is 0 Å². The van der Waals surface area contributed by atoms with Crippen LogP contribution in [0.3, 0.4) is 0 Å². The van der Waals surface area contributed by atoms with Crippen LogP contribution in [0.1, 0.15) is 41.5 Å². The van der Waals surface area contributed by atoms with Gasteiger partial charge in [0.15, 0.2) is 0 Å². The van der Waals surface area contributed by atoms with Gasteiger partial charge in [0.1, 0.15) is 27.8 Å². The number of carbonyl (C=O) groups is 1. The van der Waals surface area contributed by atoms with Crippen molar-refractivity contribution in [1.82, 2.24) is 24.8 Å². The van der Waals surface area contributed by atoms with Crippen molar-refractivity contribution in [2.75, 3.05) is 30.4 Å². The van der Waals surface area contributed by atoms with Crippen molar-refractivity contribution in [3.63, 3.8) is 0 Å². The Balaban J connectivity index is 1.51. The van der Waals surface area contributed by atoms with E-state index in [1.165, 1.54) is 12.6 Å². The van der Waals surface area contributed by atoms with Crippen LogP contribution < -0.4 is 5.32 Å². The van der Waals surface area contributed by atoms with E-state index >= 15 is 0 Å². The number of fused-ring (bicyclic) bond motifs is 2. The predicted octanol–water partition coefficient (Wildman–Crippen LogP) is 4.64. The van der Waals surface area contributed by atoms with E-state index in [0.717, 1.165) is 18.4 Å². The van der Waals surface area contributed by atoms with Gasteiger partial charge in [-0.3, -0.25) is 4.79 Å². The molecule has 1 aliphatic heterocycles. The average Bonchev–Trinajstić information content (AvgIpc) is 3.50. The molecule has 1 amide bonds. The Kier molecular flexibility index (Phi) is 6.76. The van der Waals surface area contributed by atoms with E-state index < -0.39 is 15.9 Å². The maximum absolute atomic E-state index is 13.0. The summed E-state index contributed by atoms with van der Waals surface area (Å²) in [6, 6.07) is 8.15. The molecule has 1 atom stereocenters. The lowest BCUT2D eigenvalue weighted by atomic mass is 10.1. The summed E-state index contributed by atoms with van der Waals surface area (Å²) in [5.41, 5.74) is 2.40. The van der Waals surface area contributed by atoms with Crippen molar-refractivity contribution in [3.05, 3.63) is 58.1 Å². The molecule has 1 aliphatic rings. The number of sulfone groups is 1. The van der Waals surface area contributed by atoms with Crippen LogP contribution in [0.5, 0.6) is 0 Å². The number of nitrogens with zero attached hydrogens (tertiary/aromatic N) is 4. The molecule has 3 heterocycles. The topological polar surface area (TPSA) is 121 Å². The second-order valence-corrected chi connectivity index (χ2v) is 12.1. The third-order valence-electron chi connectivity index (χ3n) is 6.23. The van der Waals surface area contributed by atoms with Gasteiger partial charge in [-0.05, 0) is 49.6 Å². The smallest absolute Gasteiger partial charge is 0.255 e. The Morgan fingerprint density at radius 2 is 1.92 bits per heavy atom. The van der Waals surface area contributed by atoms with E-state index in [1.54, 1.807) is 35.2 Å². The van der Waals surface area contributed by atoms with Gasteiger partial charge in [0.25, 0.3) is 5.91 Å². The fourth-order valence-corrected chi connectivity index (χ4v) is 5.47. The third-order valence-corrected chi connectivity index (χ3v) is 7.75. The standard InChI is InChI=1S/C24H24Cl2N6O3S/c1-36(34,35)9-6-19(23-29-18-5-4-14(25)10-21(18)31-23)30-22-16-11-17(26)15(12-20(16)27-13-28-22)24(33)32-7-2-3-8-32/h4-5,10-13,19H,2-3,6-9H2,1H3,(H,29,31)(H,27,28,30). The molecule has 0 radical (unpaired) electrons. The zero-order valence-corrected chi connectivity index (χ0v) is 21.8. The van der Waals surface area contributed by atoms with Crippen molar-refractivity contribution in [3.8, 4) is 0 Å². The van der Waals surface area contributed by atoms with Crippen LogP contribution in [0.2, 0.25) is 10.0 Å². The summed E-state index contributed by atoms with van der Waals surface area (Å²) < 4.78 is 23.9. The van der Waals surface area contributed by atoms with Gasteiger partial charge in [-0.15, -0.1) is 0 Å². The summed E-state index contributed by atoms with van der Waals surface area (Å²) in [6.45, 7) is 1.43. The first-order chi connectivity index (χ1) is 17.2. The normalized spacial score (nSPS) is 15.0. The zero-order chi connectivity index (χ0) is 25.4. The van der Waals surface area contributed by atoms with E-state index in [0.29, 0.717) is 56.8 Å². The first kappa shape index (κ1) is 24.7. The van der Waals surface area contributed by atoms with E-state index in [1.807, 2.05) is 0 Å². The fraction of sp³-hybridized carbons (Fsp3) is 0.333. The van der Waals surface area contributed by atoms with E-state index in [9.17, 15) is 13.2 Å². The second-order valence-electron chi connectivity index (χ2n) is 8.97. The maximum atomic E-state index is 13.0. The molecule has 2 N–H and O–H groups in total. The van der Waals surface area contributed by atoms with Gasteiger partial charge < -0.3 is 15.2 Å². The highest BCUT2D eigenvalue weighted by molar-refractivity contribution is 7.90. The molecule has 9 nitrogen and oxygen atoms in total. The summed E-state index contributed by atoms with van der Waals surface area (Å²) in [5, 5.41) is 4.81. The molecule has 1 saturated heterocycles. The number of imidazole rings is 1. The van der Waals surface area contributed by atoms with Crippen LogP contribution in [-0.4, -0.2) is 64.3 Å². The molecule has 0 aliphatic carbocycles. The van der Waals surface area contributed by atoms with Gasteiger partial charge >= 0.3 is 0 Å². The lowest BCUT2D eigenvalue weighted by Gasteiger charge is -2.19.